The normalized spacial score (nSPS) is 24.2. The van der Waals surface area contributed by atoms with E-state index in [0.29, 0.717) is 0 Å². The van der Waals surface area contributed by atoms with Crippen LogP contribution in [0, 0.1) is 0 Å². The van der Waals surface area contributed by atoms with E-state index >= 15 is 0 Å². The molecule has 0 bridgehead atoms. The summed E-state index contributed by atoms with van der Waals surface area (Å²) in [6, 6.07) is 0. The molecule has 1 saturated heterocycles. The van der Waals surface area contributed by atoms with Crippen LogP contribution in [0.25, 0.3) is 0 Å². The van der Waals surface area contributed by atoms with E-state index in [1.54, 1.807) is 62.3 Å². The van der Waals surface area contributed by atoms with Gasteiger partial charge >= 0.3 is 17.9 Å². The standard InChI is InChI=1S/C21H34O9/c1-17(2,3)27-14(23)12(22)21(16(25)29-19(7,8)9)13(26-20(10,11)30-21)15(24)28-18(4,5)6/h13H,1-11H3. The summed E-state index contributed by atoms with van der Waals surface area (Å²) in [4.78, 5) is 52.0. The Bertz CT molecular complexity index is 716. The molecular weight excluding hydrogens is 396 g/mol. The molecule has 0 radical (unpaired) electrons. The topological polar surface area (TPSA) is 114 Å². The molecule has 2 atom stereocenters. The molecule has 0 aromatic rings. The molecule has 1 aliphatic heterocycles. The Morgan fingerprint density at radius 3 is 1.57 bits per heavy atom. The van der Waals surface area contributed by atoms with Crippen LogP contribution in [0.5, 0.6) is 0 Å². The van der Waals surface area contributed by atoms with Crippen molar-refractivity contribution in [3.63, 3.8) is 0 Å². The smallest absolute Gasteiger partial charge is 0.379 e. The van der Waals surface area contributed by atoms with E-state index in [4.69, 9.17) is 23.7 Å². The highest BCUT2D eigenvalue weighted by molar-refractivity contribution is 6.42. The molecule has 9 nitrogen and oxygen atoms in total. The minimum atomic E-state index is -2.72. The van der Waals surface area contributed by atoms with Gasteiger partial charge in [0.25, 0.3) is 11.4 Å². The lowest BCUT2D eigenvalue weighted by Crippen LogP contribution is -2.62. The van der Waals surface area contributed by atoms with Crippen LogP contribution in [-0.4, -0.2) is 58.0 Å². The molecule has 0 saturated carbocycles. The van der Waals surface area contributed by atoms with Gasteiger partial charge in [-0.1, -0.05) is 0 Å². The maximum Gasteiger partial charge on any atom is 0.379 e. The maximum atomic E-state index is 13.3. The fourth-order valence-corrected chi connectivity index (χ4v) is 2.64. The molecule has 1 aliphatic rings. The lowest BCUT2D eigenvalue weighted by molar-refractivity contribution is -0.203. The van der Waals surface area contributed by atoms with Crippen LogP contribution in [0.2, 0.25) is 0 Å². The lowest BCUT2D eigenvalue weighted by atomic mass is 9.90. The summed E-state index contributed by atoms with van der Waals surface area (Å²) in [5, 5.41) is 0. The summed E-state index contributed by atoms with van der Waals surface area (Å²) >= 11 is 0. The van der Waals surface area contributed by atoms with Crippen LogP contribution in [0.3, 0.4) is 0 Å². The first-order chi connectivity index (χ1) is 13.1. The summed E-state index contributed by atoms with van der Waals surface area (Å²) in [5.74, 6) is -6.63. The Labute approximate surface area is 177 Å². The summed E-state index contributed by atoms with van der Waals surface area (Å²) in [6.07, 6.45) is -1.87. The molecule has 0 aliphatic carbocycles. The summed E-state index contributed by atoms with van der Waals surface area (Å²) in [6.45, 7) is 17.0. The predicted molar refractivity (Wildman–Crippen MR) is 105 cm³/mol. The molecule has 30 heavy (non-hydrogen) atoms. The molecule has 0 aromatic carbocycles. The van der Waals surface area contributed by atoms with Crippen LogP contribution in [0.1, 0.15) is 76.2 Å². The number of carbonyl (C=O) groups excluding carboxylic acids is 4. The number of ketones is 1. The number of esters is 3. The fraction of sp³-hybridized carbons (Fsp3) is 0.810. The molecule has 1 rings (SSSR count). The molecular formula is C21H34O9. The molecule has 1 fully saturated rings. The van der Waals surface area contributed by atoms with E-state index in [9.17, 15) is 19.2 Å². The second kappa shape index (κ2) is 7.92. The maximum absolute atomic E-state index is 13.3. The van der Waals surface area contributed by atoms with Gasteiger partial charge in [-0.15, -0.1) is 0 Å². The Morgan fingerprint density at radius 2 is 1.17 bits per heavy atom. The number of hydrogen-bond acceptors (Lipinski definition) is 9. The Hall–Kier alpha value is -2.00. The minimum Gasteiger partial charge on any atom is -0.458 e. The van der Waals surface area contributed by atoms with Crippen molar-refractivity contribution < 1.29 is 42.9 Å². The van der Waals surface area contributed by atoms with Gasteiger partial charge in [0.2, 0.25) is 6.10 Å². The number of ether oxygens (including phenoxy) is 5. The Morgan fingerprint density at radius 1 is 0.733 bits per heavy atom. The van der Waals surface area contributed by atoms with Gasteiger partial charge in [-0.05, 0) is 76.2 Å². The van der Waals surface area contributed by atoms with Crippen molar-refractivity contribution >= 4 is 23.7 Å². The van der Waals surface area contributed by atoms with E-state index in [0.717, 1.165) is 0 Å². The molecule has 1 heterocycles. The number of carbonyl (C=O) groups is 4. The quantitative estimate of drug-likeness (QED) is 0.287. The highest BCUT2D eigenvalue weighted by atomic mass is 16.8. The lowest BCUT2D eigenvalue weighted by Gasteiger charge is -2.32. The van der Waals surface area contributed by atoms with E-state index < -0.39 is 58.0 Å². The van der Waals surface area contributed by atoms with E-state index in [1.165, 1.54) is 13.8 Å². The average Bonchev–Trinajstić information content (AvgIpc) is 2.74. The highest BCUT2D eigenvalue weighted by Gasteiger charge is 2.70. The summed E-state index contributed by atoms with van der Waals surface area (Å²) in [5.41, 5.74) is -5.76. The Kier molecular flexibility index (Phi) is 6.88. The van der Waals surface area contributed by atoms with Gasteiger partial charge in [0.1, 0.15) is 16.8 Å². The first-order valence-corrected chi connectivity index (χ1v) is 9.72. The second-order valence-electron chi connectivity index (χ2n) is 10.6. The van der Waals surface area contributed by atoms with Crippen LogP contribution >= 0.6 is 0 Å². The third-order valence-corrected chi connectivity index (χ3v) is 3.42. The van der Waals surface area contributed by atoms with Crippen molar-refractivity contribution in [3.05, 3.63) is 0 Å². The average molecular weight is 430 g/mol. The number of rotatable bonds is 4. The zero-order chi connectivity index (χ0) is 23.9. The zero-order valence-electron chi connectivity index (χ0n) is 19.8. The third kappa shape index (κ3) is 6.50. The van der Waals surface area contributed by atoms with Crippen LogP contribution in [-0.2, 0) is 42.9 Å². The molecule has 9 heteroatoms. The van der Waals surface area contributed by atoms with Crippen molar-refractivity contribution in [3.8, 4) is 0 Å². The van der Waals surface area contributed by atoms with Crippen LogP contribution in [0.15, 0.2) is 0 Å². The minimum absolute atomic E-state index is 0.957. The monoisotopic (exact) mass is 430 g/mol. The van der Waals surface area contributed by atoms with Crippen molar-refractivity contribution in [2.75, 3.05) is 0 Å². The summed E-state index contributed by atoms with van der Waals surface area (Å²) in [7, 11) is 0. The molecule has 0 amide bonds. The van der Waals surface area contributed by atoms with E-state index in [1.807, 2.05) is 0 Å². The molecule has 0 aromatic heterocycles. The van der Waals surface area contributed by atoms with Crippen molar-refractivity contribution in [2.45, 2.75) is 110 Å². The molecule has 0 N–H and O–H groups in total. The van der Waals surface area contributed by atoms with Crippen molar-refractivity contribution in [1.82, 2.24) is 0 Å². The molecule has 172 valence electrons. The van der Waals surface area contributed by atoms with Gasteiger partial charge < -0.3 is 23.7 Å². The van der Waals surface area contributed by atoms with Gasteiger partial charge in [-0.2, -0.15) is 0 Å². The SMILES string of the molecule is CC(C)(C)OC(=O)C(=O)C1(C(=O)OC(C)(C)C)OC(C)(C)OC1C(=O)OC(C)(C)C. The van der Waals surface area contributed by atoms with Crippen molar-refractivity contribution in [1.29, 1.82) is 0 Å². The number of Topliss-reactive ketones (excluding diaryl/α,β-unsaturated/α-hetero) is 1. The van der Waals surface area contributed by atoms with Crippen LogP contribution < -0.4 is 0 Å². The Balaban J connectivity index is 3.59. The zero-order valence-corrected chi connectivity index (χ0v) is 19.8. The van der Waals surface area contributed by atoms with Crippen LogP contribution in [0.4, 0.5) is 0 Å². The molecule has 2 unspecified atom stereocenters. The second-order valence-corrected chi connectivity index (χ2v) is 10.6. The van der Waals surface area contributed by atoms with Gasteiger partial charge in [0, 0.05) is 0 Å². The fourth-order valence-electron chi connectivity index (χ4n) is 2.64. The first kappa shape index (κ1) is 26.0. The van der Waals surface area contributed by atoms with Gasteiger partial charge in [0.05, 0.1) is 0 Å². The van der Waals surface area contributed by atoms with Gasteiger partial charge in [0.15, 0.2) is 5.79 Å². The van der Waals surface area contributed by atoms with E-state index in [-0.39, 0.29) is 0 Å². The van der Waals surface area contributed by atoms with Gasteiger partial charge in [-0.25, -0.2) is 14.4 Å². The summed E-state index contributed by atoms with van der Waals surface area (Å²) < 4.78 is 27.0. The highest BCUT2D eigenvalue weighted by Crippen LogP contribution is 2.41. The third-order valence-electron chi connectivity index (χ3n) is 3.42. The van der Waals surface area contributed by atoms with Crippen molar-refractivity contribution in [2.24, 2.45) is 0 Å². The molecule has 0 spiro atoms. The van der Waals surface area contributed by atoms with E-state index in [2.05, 4.69) is 0 Å². The van der Waals surface area contributed by atoms with Gasteiger partial charge in [-0.3, -0.25) is 4.79 Å². The largest absolute Gasteiger partial charge is 0.458 e. The number of hydrogen-bond donors (Lipinski definition) is 0. The predicted octanol–water partition coefficient (Wildman–Crippen LogP) is 2.47. The first-order valence-electron chi connectivity index (χ1n) is 9.72.